The molecule has 0 aliphatic heterocycles. The normalized spacial score (nSPS) is 10.0. The third-order valence-electron chi connectivity index (χ3n) is 3.48. The fourth-order valence-corrected chi connectivity index (χ4v) is 2.32. The third-order valence-corrected chi connectivity index (χ3v) is 3.48. The van der Waals surface area contributed by atoms with Gasteiger partial charge in [-0.2, -0.15) is 0 Å². The zero-order valence-corrected chi connectivity index (χ0v) is 14.1. The molecule has 0 unspecified atom stereocenters. The van der Waals surface area contributed by atoms with Crippen LogP contribution in [0.2, 0.25) is 0 Å². The van der Waals surface area contributed by atoms with Crippen LogP contribution in [0.1, 0.15) is 26.3 Å². The van der Waals surface area contributed by atoms with Crippen molar-refractivity contribution in [1.29, 1.82) is 0 Å². The standard InChI is InChI=1S/C18H18O7/c1-22-13-9-12(17(19)20)14(16(24-3)15(13)23-2)18(21)25-10-11-7-5-4-6-8-11/h4-9H,10H2,1-3H3,(H,19,20). The topological polar surface area (TPSA) is 91.3 Å². The highest BCUT2D eigenvalue weighted by molar-refractivity contribution is 6.06. The Morgan fingerprint density at radius 1 is 0.960 bits per heavy atom. The van der Waals surface area contributed by atoms with Gasteiger partial charge in [-0.25, -0.2) is 9.59 Å². The van der Waals surface area contributed by atoms with Crippen molar-refractivity contribution in [3.05, 3.63) is 53.1 Å². The maximum atomic E-state index is 12.5. The molecule has 0 fully saturated rings. The number of methoxy groups -OCH3 is 3. The van der Waals surface area contributed by atoms with Crippen LogP contribution in [-0.4, -0.2) is 38.4 Å². The lowest BCUT2D eigenvalue weighted by atomic mass is 10.0. The number of hydrogen-bond donors (Lipinski definition) is 1. The molecule has 25 heavy (non-hydrogen) atoms. The van der Waals surface area contributed by atoms with Gasteiger partial charge < -0.3 is 24.1 Å². The van der Waals surface area contributed by atoms with Gasteiger partial charge in [0.25, 0.3) is 0 Å². The molecule has 1 N–H and O–H groups in total. The molecule has 2 aromatic rings. The van der Waals surface area contributed by atoms with Gasteiger partial charge in [-0.1, -0.05) is 30.3 Å². The van der Waals surface area contributed by atoms with Gasteiger partial charge in [-0.05, 0) is 11.6 Å². The van der Waals surface area contributed by atoms with Gasteiger partial charge in [-0.15, -0.1) is 0 Å². The predicted octanol–water partition coefficient (Wildman–Crippen LogP) is 2.77. The van der Waals surface area contributed by atoms with Crippen molar-refractivity contribution in [3.8, 4) is 17.2 Å². The second-order valence-corrected chi connectivity index (χ2v) is 4.93. The first-order valence-corrected chi connectivity index (χ1v) is 7.30. The summed E-state index contributed by atoms with van der Waals surface area (Å²) in [6.07, 6.45) is 0. The molecule has 132 valence electrons. The largest absolute Gasteiger partial charge is 0.493 e. The summed E-state index contributed by atoms with van der Waals surface area (Å²) >= 11 is 0. The van der Waals surface area contributed by atoms with Crippen molar-refractivity contribution >= 4 is 11.9 Å². The van der Waals surface area contributed by atoms with Crippen LogP contribution in [0.3, 0.4) is 0 Å². The Balaban J connectivity index is 2.46. The van der Waals surface area contributed by atoms with E-state index in [4.69, 9.17) is 18.9 Å². The molecule has 0 amide bonds. The highest BCUT2D eigenvalue weighted by Crippen LogP contribution is 2.42. The number of rotatable bonds is 7. The summed E-state index contributed by atoms with van der Waals surface area (Å²) in [5, 5.41) is 9.44. The first-order valence-electron chi connectivity index (χ1n) is 7.30. The zero-order chi connectivity index (χ0) is 18.4. The second kappa shape index (κ2) is 8.05. The van der Waals surface area contributed by atoms with Crippen LogP contribution in [0.15, 0.2) is 36.4 Å². The zero-order valence-electron chi connectivity index (χ0n) is 14.1. The lowest BCUT2D eigenvalue weighted by Gasteiger charge is -2.17. The van der Waals surface area contributed by atoms with Crippen molar-refractivity contribution in [1.82, 2.24) is 0 Å². The molecule has 0 radical (unpaired) electrons. The van der Waals surface area contributed by atoms with Crippen molar-refractivity contribution < 1.29 is 33.6 Å². The molecule has 0 spiro atoms. The van der Waals surface area contributed by atoms with E-state index in [2.05, 4.69) is 0 Å². The maximum absolute atomic E-state index is 12.5. The van der Waals surface area contributed by atoms with Gasteiger partial charge in [0.15, 0.2) is 11.5 Å². The van der Waals surface area contributed by atoms with Crippen molar-refractivity contribution in [3.63, 3.8) is 0 Å². The minimum absolute atomic E-state index is 0.00374. The average molecular weight is 346 g/mol. The minimum Gasteiger partial charge on any atom is -0.493 e. The van der Waals surface area contributed by atoms with Crippen LogP contribution in [0.5, 0.6) is 17.2 Å². The molecule has 0 atom stereocenters. The van der Waals surface area contributed by atoms with Gasteiger partial charge in [0.2, 0.25) is 5.75 Å². The van der Waals surface area contributed by atoms with Crippen LogP contribution in [-0.2, 0) is 11.3 Å². The van der Waals surface area contributed by atoms with E-state index in [9.17, 15) is 14.7 Å². The fraction of sp³-hybridized carbons (Fsp3) is 0.222. The summed E-state index contributed by atoms with van der Waals surface area (Å²) in [6, 6.07) is 10.2. The molecule has 0 aromatic heterocycles. The number of carbonyl (C=O) groups is 2. The number of ether oxygens (including phenoxy) is 4. The summed E-state index contributed by atoms with van der Waals surface area (Å²) < 4.78 is 20.8. The van der Waals surface area contributed by atoms with E-state index in [1.54, 1.807) is 12.1 Å². The number of carboxylic acid groups (broad SMARTS) is 1. The third kappa shape index (κ3) is 3.82. The van der Waals surface area contributed by atoms with E-state index < -0.39 is 11.9 Å². The van der Waals surface area contributed by atoms with Gasteiger partial charge in [-0.3, -0.25) is 0 Å². The number of esters is 1. The van der Waals surface area contributed by atoms with Gasteiger partial charge >= 0.3 is 11.9 Å². The van der Waals surface area contributed by atoms with Crippen LogP contribution in [0, 0.1) is 0 Å². The first-order chi connectivity index (χ1) is 12.0. The van der Waals surface area contributed by atoms with E-state index in [1.807, 2.05) is 18.2 Å². The lowest BCUT2D eigenvalue weighted by Crippen LogP contribution is -2.15. The van der Waals surface area contributed by atoms with E-state index in [-0.39, 0.29) is 35.0 Å². The molecule has 0 saturated heterocycles. The quantitative estimate of drug-likeness (QED) is 0.771. The second-order valence-electron chi connectivity index (χ2n) is 4.93. The Kier molecular flexibility index (Phi) is 5.84. The summed E-state index contributed by atoms with van der Waals surface area (Å²) in [6.45, 7) is -0.00374. The fourth-order valence-electron chi connectivity index (χ4n) is 2.32. The average Bonchev–Trinajstić information content (AvgIpc) is 2.64. The van der Waals surface area contributed by atoms with E-state index in [0.29, 0.717) is 0 Å². The molecule has 0 aliphatic rings. The Bertz CT molecular complexity index is 769. The van der Waals surface area contributed by atoms with Gasteiger partial charge in [0.1, 0.15) is 12.2 Å². The Morgan fingerprint density at radius 3 is 2.12 bits per heavy atom. The number of benzene rings is 2. The predicted molar refractivity (Wildman–Crippen MR) is 88.6 cm³/mol. The Hall–Kier alpha value is -3.22. The molecule has 0 aliphatic carbocycles. The first kappa shape index (κ1) is 18.1. The highest BCUT2D eigenvalue weighted by Gasteiger charge is 2.29. The maximum Gasteiger partial charge on any atom is 0.343 e. The van der Waals surface area contributed by atoms with Crippen LogP contribution in [0.25, 0.3) is 0 Å². The molecule has 2 aromatic carbocycles. The SMILES string of the molecule is COc1cc(C(=O)O)c(C(=O)OCc2ccccc2)c(OC)c1OC. The van der Waals surface area contributed by atoms with Gasteiger partial charge in [0, 0.05) is 0 Å². The Morgan fingerprint density at radius 2 is 1.60 bits per heavy atom. The number of carbonyl (C=O) groups excluding carboxylic acids is 1. The molecule has 0 saturated carbocycles. The number of carboxylic acids is 1. The summed E-state index contributed by atoms with van der Waals surface area (Å²) in [5.74, 6) is -1.96. The van der Waals surface area contributed by atoms with Crippen LogP contribution in [0.4, 0.5) is 0 Å². The van der Waals surface area contributed by atoms with Crippen molar-refractivity contribution in [2.45, 2.75) is 6.61 Å². The summed E-state index contributed by atoms with van der Waals surface area (Å²) in [5.41, 5.74) is 0.239. The van der Waals surface area contributed by atoms with Crippen molar-refractivity contribution in [2.75, 3.05) is 21.3 Å². The number of hydrogen-bond acceptors (Lipinski definition) is 6. The molecule has 0 bridgehead atoms. The van der Waals surface area contributed by atoms with Crippen molar-refractivity contribution in [2.24, 2.45) is 0 Å². The molecule has 2 rings (SSSR count). The molecule has 7 nitrogen and oxygen atoms in total. The molecular weight excluding hydrogens is 328 g/mol. The minimum atomic E-state index is -1.31. The molecule has 0 heterocycles. The van der Waals surface area contributed by atoms with Crippen LogP contribution >= 0.6 is 0 Å². The summed E-state index contributed by atoms with van der Waals surface area (Å²) in [7, 11) is 4.02. The number of aromatic carboxylic acids is 1. The highest BCUT2D eigenvalue weighted by atomic mass is 16.5. The van der Waals surface area contributed by atoms with E-state index in [0.717, 1.165) is 5.56 Å². The molecular formula is C18H18O7. The summed E-state index contributed by atoms with van der Waals surface area (Å²) in [4.78, 5) is 24.1. The van der Waals surface area contributed by atoms with E-state index >= 15 is 0 Å². The van der Waals surface area contributed by atoms with Gasteiger partial charge in [0.05, 0.1) is 26.9 Å². The monoisotopic (exact) mass is 346 g/mol. The lowest BCUT2D eigenvalue weighted by molar-refractivity contribution is 0.0458. The Labute approximate surface area is 144 Å². The van der Waals surface area contributed by atoms with E-state index in [1.165, 1.54) is 27.4 Å². The smallest absolute Gasteiger partial charge is 0.343 e. The molecule has 7 heteroatoms. The van der Waals surface area contributed by atoms with Crippen LogP contribution < -0.4 is 14.2 Å².